The fraction of sp³-hybridized carbons (Fsp3) is 0.200. The van der Waals surface area contributed by atoms with Gasteiger partial charge in [-0.3, -0.25) is 0 Å². The Kier molecular flexibility index (Phi) is 3.04. The monoisotopic (exact) mass is 290 g/mol. The molecule has 0 spiro atoms. The highest BCUT2D eigenvalue weighted by molar-refractivity contribution is 5.83. The third kappa shape index (κ3) is 2.41. The summed E-state index contributed by atoms with van der Waals surface area (Å²) in [5.74, 6) is 1.66. The van der Waals surface area contributed by atoms with E-state index in [1.165, 1.54) is 16.3 Å². The largest absolute Gasteiger partial charge is 0.486 e. The topological polar surface area (TPSA) is 18.5 Å². The Labute approximate surface area is 130 Å². The molecule has 0 amide bonds. The van der Waals surface area contributed by atoms with Gasteiger partial charge in [-0.2, -0.15) is 0 Å². The zero-order valence-electron chi connectivity index (χ0n) is 12.6. The van der Waals surface area contributed by atoms with Crippen molar-refractivity contribution in [3.05, 3.63) is 72.3 Å². The van der Waals surface area contributed by atoms with Gasteiger partial charge in [0.15, 0.2) is 11.5 Å². The SMILES string of the molecule is C[C@]1(Cc2ccc3ccccc3c2)COc2ccccc2O1. The minimum absolute atomic E-state index is 0.336. The number of hydrogen-bond donors (Lipinski definition) is 0. The van der Waals surface area contributed by atoms with Crippen molar-refractivity contribution in [2.75, 3.05) is 6.61 Å². The number of ether oxygens (including phenoxy) is 2. The summed E-state index contributed by atoms with van der Waals surface area (Å²) in [5.41, 5.74) is 0.931. The number of fused-ring (bicyclic) bond motifs is 2. The molecule has 0 aliphatic carbocycles. The van der Waals surface area contributed by atoms with Crippen LogP contribution in [0.4, 0.5) is 0 Å². The molecule has 2 heteroatoms. The maximum absolute atomic E-state index is 6.21. The summed E-state index contributed by atoms with van der Waals surface area (Å²) in [6, 6.07) is 22.9. The van der Waals surface area contributed by atoms with Gasteiger partial charge >= 0.3 is 0 Å². The van der Waals surface area contributed by atoms with Gasteiger partial charge in [0.1, 0.15) is 12.2 Å². The van der Waals surface area contributed by atoms with E-state index in [9.17, 15) is 0 Å². The Morgan fingerprint density at radius 1 is 0.864 bits per heavy atom. The highest BCUT2D eigenvalue weighted by Crippen LogP contribution is 2.36. The molecule has 1 heterocycles. The second-order valence-corrected chi connectivity index (χ2v) is 6.15. The smallest absolute Gasteiger partial charge is 0.162 e. The van der Waals surface area contributed by atoms with Crippen LogP contribution in [0, 0.1) is 0 Å². The van der Waals surface area contributed by atoms with Gasteiger partial charge in [-0.1, -0.05) is 54.6 Å². The lowest BCUT2D eigenvalue weighted by atomic mass is 9.94. The van der Waals surface area contributed by atoms with Crippen molar-refractivity contribution in [2.24, 2.45) is 0 Å². The van der Waals surface area contributed by atoms with Crippen LogP contribution in [0.15, 0.2) is 66.7 Å². The Balaban J connectivity index is 1.62. The van der Waals surface area contributed by atoms with E-state index in [2.05, 4.69) is 49.4 Å². The molecule has 1 aliphatic heterocycles. The number of benzene rings is 3. The maximum atomic E-state index is 6.21. The molecule has 4 rings (SSSR count). The van der Waals surface area contributed by atoms with E-state index in [4.69, 9.17) is 9.47 Å². The first-order valence-corrected chi connectivity index (χ1v) is 7.60. The first-order valence-electron chi connectivity index (χ1n) is 7.60. The Bertz CT molecular complexity index is 825. The van der Waals surface area contributed by atoms with Crippen LogP contribution in [0.25, 0.3) is 10.8 Å². The fourth-order valence-corrected chi connectivity index (χ4v) is 3.05. The molecule has 0 bridgehead atoms. The van der Waals surface area contributed by atoms with Crippen molar-refractivity contribution in [3.63, 3.8) is 0 Å². The van der Waals surface area contributed by atoms with Crippen molar-refractivity contribution < 1.29 is 9.47 Å². The van der Waals surface area contributed by atoms with E-state index < -0.39 is 0 Å². The molecule has 0 aromatic heterocycles. The van der Waals surface area contributed by atoms with Crippen LogP contribution in [0.1, 0.15) is 12.5 Å². The second kappa shape index (κ2) is 5.06. The van der Waals surface area contributed by atoms with Gasteiger partial charge in [0.2, 0.25) is 0 Å². The van der Waals surface area contributed by atoms with Crippen molar-refractivity contribution in [3.8, 4) is 11.5 Å². The van der Waals surface area contributed by atoms with Crippen LogP contribution >= 0.6 is 0 Å². The second-order valence-electron chi connectivity index (χ2n) is 6.15. The maximum Gasteiger partial charge on any atom is 0.162 e. The summed E-state index contributed by atoms with van der Waals surface area (Å²) in [6.07, 6.45) is 0.826. The summed E-state index contributed by atoms with van der Waals surface area (Å²) in [4.78, 5) is 0. The molecular weight excluding hydrogens is 272 g/mol. The van der Waals surface area contributed by atoms with E-state index in [-0.39, 0.29) is 5.60 Å². The lowest BCUT2D eigenvalue weighted by Gasteiger charge is -2.35. The molecular formula is C20H18O2. The zero-order valence-corrected chi connectivity index (χ0v) is 12.6. The van der Waals surface area contributed by atoms with Crippen molar-refractivity contribution >= 4 is 10.8 Å². The summed E-state index contributed by atoms with van der Waals surface area (Å²) < 4.78 is 12.1. The molecule has 3 aromatic rings. The van der Waals surface area contributed by atoms with E-state index in [0.29, 0.717) is 6.61 Å². The van der Waals surface area contributed by atoms with E-state index in [0.717, 1.165) is 17.9 Å². The average molecular weight is 290 g/mol. The number of rotatable bonds is 2. The first kappa shape index (κ1) is 13.2. The lowest BCUT2D eigenvalue weighted by Crippen LogP contribution is -2.43. The van der Waals surface area contributed by atoms with Crippen LogP contribution < -0.4 is 9.47 Å². The lowest BCUT2D eigenvalue weighted by molar-refractivity contribution is 0.00660. The van der Waals surface area contributed by atoms with Crippen LogP contribution in [0.5, 0.6) is 11.5 Å². The van der Waals surface area contributed by atoms with E-state index >= 15 is 0 Å². The number of para-hydroxylation sites is 2. The minimum atomic E-state index is -0.336. The van der Waals surface area contributed by atoms with Gasteiger partial charge in [-0.25, -0.2) is 0 Å². The van der Waals surface area contributed by atoms with Gasteiger partial charge in [0.25, 0.3) is 0 Å². The van der Waals surface area contributed by atoms with Crippen molar-refractivity contribution in [1.29, 1.82) is 0 Å². The standard InChI is InChI=1S/C20H18O2/c1-20(14-21-18-8-4-5-9-19(18)22-20)13-15-10-11-16-6-2-3-7-17(16)12-15/h2-12H,13-14H2,1H3/t20-/m0/s1. The third-order valence-corrected chi connectivity index (χ3v) is 4.13. The van der Waals surface area contributed by atoms with Gasteiger partial charge in [0.05, 0.1) is 0 Å². The molecule has 0 saturated heterocycles. The van der Waals surface area contributed by atoms with E-state index in [1.54, 1.807) is 0 Å². The highest BCUT2D eigenvalue weighted by atomic mass is 16.6. The molecule has 22 heavy (non-hydrogen) atoms. The molecule has 0 fully saturated rings. The quantitative estimate of drug-likeness (QED) is 0.686. The Hall–Kier alpha value is -2.48. The summed E-state index contributed by atoms with van der Waals surface area (Å²) >= 11 is 0. The van der Waals surface area contributed by atoms with Crippen LogP contribution in [-0.4, -0.2) is 12.2 Å². The van der Waals surface area contributed by atoms with Gasteiger partial charge in [-0.15, -0.1) is 0 Å². The summed E-state index contributed by atoms with van der Waals surface area (Å²) in [6.45, 7) is 2.68. The highest BCUT2D eigenvalue weighted by Gasteiger charge is 2.33. The third-order valence-electron chi connectivity index (χ3n) is 4.13. The molecule has 110 valence electrons. The molecule has 1 aliphatic rings. The predicted octanol–water partition coefficient (Wildman–Crippen LogP) is 4.61. The van der Waals surface area contributed by atoms with Gasteiger partial charge < -0.3 is 9.47 Å². The van der Waals surface area contributed by atoms with Crippen molar-refractivity contribution in [1.82, 2.24) is 0 Å². The molecule has 0 saturated carbocycles. The molecule has 1 atom stereocenters. The van der Waals surface area contributed by atoms with Crippen LogP contribution in [0.3, 0.4) is 0 Å². The van der Waals surface area contributed by atoms with Crippen LogP contribution in [-0.2, 0) is 6.42 Å². The Morgan fingerprint density at radius 3 is 2.45 bits per heavy atom. The molecule has 0 unspecified atom stereocenters. The molecule has 3 aromatic carbocycles. The van der Waals surface area contributed by atoms with Gasteiger partial charge in [0, 0.05) is 6.42 Å². The Morgan fingerprint density at radius 2 is 1.59 bits per heavy atom. The summed E-state index contributed by atoms with van der Waals surface area (Å²) in [7, 11) is 0. The summed E-state index contributed by atoms with van der Waals surface area (Å²) in [5, 5.41) is 2.53. The molecule has 2 nitrogen and oxygen atoms in total. The van der Waals surface area contributed by atoms with E-state index in [1.807, 2.05) is 24.3 Å². The van der Waals surface area contributed by atoms with Crippen molar-refractivity contribution in [2.45, 2.75) is 18.9 Å². The zero-order chi connectivity index (χ0) is 15.0. The minimum Gasteiger partial charge on any atom is -0.486 e. The average Bonchev–Trinajstić information content (AvgIpc) is 2.54. The molecule has 0 N–H and O–H groups in total. The fourth-order valence-electron chi connectivity index (χ4n) is 3.05. The first-order chi connectivity index (χ1) is 10.7. The number of hydrogen-bond acceptors (Lipinski definition) is 2. The van der Waals surface area contributed by atoms with Crippen LogP contribution in [0.2, 0.25) is 0 Å². The normalized spacial score (nSPS) is 20.0. The predicted molar refractivity (Wildman–Crippen MR) is 88.6 cm³/mol. The van der Waals surface area contributed by atoms with Gasteiger partial charge in [-0.05, 0) is 35.4 Å². The molecule has 0 radical (unpaired) electrons.